The van der Waals surface area contributed by atoms with E-state index in [2.05, 4.69) is 32.4 Å². The van der Waals surface area contributed by atoms with E-state index in [1.807, 2.05) is 0 Å². The number of nitrogens with two attached hydrogens (primary N) is 3. The average molecular weight is 431 g/mol. The van der Waals surface area contributed by atoms with E-state index in [4.69, 9.17) is 17.3 Å². The van der Waals surface area contributed by atoms with Crippen molar-refractivity contribution in [1.82, 2.24) is 5.43 Å². The number of hydrogen-bond donors (Lipinski definition) is 4. The Kier molecular flexibility index (Phi) is 24.1. The second kappa shape index (κ2) is 17.8. The van der Waals surface area contributed by atoms with E-state index in [1.54, 1.807) is 0 Å². The van der Waals surface area contributed by atoms with Crippen molar-refractivity contribution in [1.29, 1.82) is 0 Å². The molecular formula is C10H27AuN4P+. The molecule has 0 unspecified atom stereocenters. The number of hydrazine groups is 1. The molecule has 0 aromatic rings. The molecule has 0 aliphatic carbocycles. The Morgan fingerprint density at radius 1 is 1.19 bits per heavy atom. The van der Waals surface area contributed by atoms with Gasteiger partial charge in [-0.2, -0.15) is 0 Å². The third-order valence-electron chi connectivity index (χ3n) is 2.24. The maximum absolute atomic E-state index is 5.17. The van der Waals surface area contributed by atoms with Crippen LogP contribution in [0, 0.1) is 6.20 Å². The predicted molar refractivity (Wildman–Crippen MR) is 71.9 cm³/mol. The van der Waals surface area contributed by atoms with E-state index in [1.165, 1.54) is 18.5 Å². The molecule has 7 N–H and O–H groups in total. The summed E-state index contributed by atoms with van der Waals surface area (Å²) in [7, 11) is 0.137. The van der Waals surface area contributed by atoms with Gasteiger partial charge in [0.15, 0.2) is 0 Å². The Morgan fingerprint density at radius 3 is 1.69 bits per heavy atom. The van der Waals surface area contributed by atoms with Crippen molar-refractivity contribution >= 4 is 7.92 Å². The Morgan fingerprint density at radius 2 is 1.62 bits per heavy atom. The van der Waals surface area contributed by atoms with Crippen LogP contribution in [0.25, 0.3) is 0 Å². The van der Waals surface area contributed by atoms with Gasteiger partial charge in [-0.15, -0.1) is 5.70 Å². The topological polar surface area (TPSA) is 90.1 Å². The van der Waals surface area contributed by atoms with Crippen LogP contribution in [0.1, 0.15) is 27.2 Å². The minimum absolute atomic E-state index is 0. The van der Waals surface area contributed by atoms with Gasteiger partial charge >= 0.3 is 22.4 Å². The van der Waals surface area contributed by atoms with Crippen LogP contribution in [0.2, 0.25) is 0 Å². The van der Waals surface area contributed by atoms with Crippen LogP contribution in [0.3, 0.4) is 0 Å². The van der Waals surface area contributed by atoms with Gasteiger partial charge in [0.25, 0.3) is 0 Å². The van der Waals surface area contributed by atoms with Crippen LogP contribution in [0.15, 0.2) is 5.70 Å². The molecule has 0 bridgehead atoms. The van der Waals surface area contributed by atoms with E-state index in [9.17, 15) is 0 Å². The summed E-state index contributed by atoms with van der Waals surface area (Å²) in [5, 5.41) is 0. The zero-order valence-electron chi connectivity index (χ0n) is 10.6. The van der Waals surface area contributed by atoms with Gasteiger partial charge in [-0.1, -0.05) is 0 Å². The van der Waals surface area contributed by atoms with E-state index < -0.39 is 0 Å². The summed E-state index contributed by atoms with van der Waals surface area (Å²) >= 11 is 0. The molecule has 0 aromatic carbocycles. The van der Waals surface area contributed by atoms with Crippen LogP contribution in [0.4, 0.5) is 0 Å². The average Bonchev–Trinajstić information content (AvgIpc) is 2.29. The molecule has 0 radical (unpaired) electrons. The Labute approximate surface area is 117 Å². The van der Waals surface area contributed by atoms with Crippen molar-refractivity contribution in [3.8, 4) is 0 Å². The molecular weight excluding hydrogens is 404 g/mol. The van der Waals surface area contributed by atoms with E-state index >= 15 is 0 Å². The van der Waals surface area contributed by atoms with Crippen molar-refractivity contribution in [2.45, 2.75) is 27.2 Å². The summed E-state index contributed by atoms with van der Waals surface area (Å²) < 4.78 is 0. The van der Waals surface area contributed by atoms with Gasteiger partial charge in [-0.25, -0.2) is 0 Å². The van der Waals surface area contributed by atoms with Crippen LogP contribution in [-0.4, -0.2) is 25.0 Å². The SMILES string of the molecule is CC[PH+](CC)CC.N[C-]=C(CCN)NN.[Au+]. The van der Waals surface area contributed by atoms with Gasteiger partial charge in [0.05, 0.1) is 18.5 Å². The van der Waals surface area contributed by atoms with E-state index in [0.717, 1.165) is 0 Å². The molecule has 16 heavy (non-hydrogen) atoms. The summed E-state index contributed by atoms with van der Waals surface area (Å²) in [5.74, 6) is 4.98. The molecule has 0 aliphatic heterocycles. The van der Waals surface area contributed by atoms with Crippen molar-refractivity contribution in [2.75, 3.05) is 25.0 Å². The molecule has 0 aliphatic rings. The van der Waals surface area contributed by atoms with Crippen molar-refractivity contribution in [3.63, 3.8) is 0 Å². The smallest absolute Gasteiger partial charge is 0.578 e. The van der Waals surface area contributed by atoms with Crippen molar-refractivity contribution < 1.29 is 22.4 Å². The fourth-order valence-corrected chi connectivity index (χ4v) is 2.58. The van der Waals surface area contributed by atoms with Gasteiger partial charge < -0.3 is 23.1 Å². The van der Waals surface area contributed by atoms with Gasteiger partial charge in [0.2, 0.25) is 0 Å². The molecule has 0 heterocycles. The molecule has 0 spiro atoms. The molecule has 4 nitrogen and oxygen atoms in total. The fraction of sp³-hybridized carbons (Fsp3) is 0.800. The summed E-state index contributed by atoms with van der Waals surface area (Å²) in [6.45, 7) is 7.45. The predicted octanol–water partition coefficient (Wildman–Crippen LogP) is 0.660. The van der Waals surface area contributed by atoms with Crippen molar-refractivity contribution in [3.05, 3.63) is 11.9 Å². The van der Waals surface area contributed by atoms with Crippen molar-refractivity contribution in [2.24, 2.45) is 17.3 Å². The molecule has 6 heteroatoms. The number of hydrogen-bond acceptors (Lipinski definition) is 4. The summed E-state index contributed by atoms with van der Waals surface area (Å²) in [5.41, 5.74) is 13.2. The summed E-state index contributed by atoms with van der Waals surface area (Å²) in [6.07, 6.45) is 7.37. The molecule has 0 saturated carbocycles. The minimum Gasteiger partial charge on any atom is -0.578 e. The first-order chi connectivity index (χ1) is 7.19. The summed E-state index contributed by atoms with van der Waals surface area (Å²) in [4.78, 5) is 0. The largest absolute Gasteiger partial charge is 1.00 e. The Hall–Kier alpha value is 0.430. The molecule has 0 atom stereocenters. The van der Waals surface area contributed by atoms with Gasteiger partial charge in [0, 0.05) is 0 Å². The summed E-state index contributed by atoms with van der Waals surface area (Å²) in [6, 6.07) is 0. The van der Waals surface area contributed by atoms with Gasteiger partial charge in [-0.05, 0) is 41.7 Å². The molecule has 0 saturated heterocycles. The molecule has 102 valence electrons. The molecule has 0 rings (SSSR count). The van der Waals surface area contributed by atoms with Crippen LogP contribution in [0.5, 0.6) is 0 Å². The first-order valence-electron chi connectivity index (χ1n) is 5.52. The normalized spacial score (nSPS) is 10.2. The molecule has 0 amide bonds. The van der Waals surface area contributed by atoms with Crippen LogP contribution in [-0.2, 0) is 22.4 Å². The third kappa shape index (κ3) is 14.4. The van der Waals surface area contributed by atoms with Crippen LogP contribution >= 0.6 is 7.92 Å². The zero-order valence-corrected chi connectivity index (χ0v) is 13.7. The minimum atomic E-state index is 0. The maximum atomic E-state index is 5.17. The van der Waals surface area contributed by atoms with Gasteiger partial charge in [0.1, 0.15) is 0 Å². The first-order valence-corrected chi connectivity index (χ1v) is 7.64. The number of nitrogens with one attached hydrogen (secondary N) is 1. The Balaban J connectivity index is -0.000000200. The van der Waals surface area contributed by atoms with Gasteiger partial charge in [-0.3, -0.25) is 5.84 Å². The Bertz CT molecular complexity index is 146. The molecule has 0 aromatic heterocycles. The number of rotatable bonds is 6. The first kappa shape index (κ1) is 21.7. The van der Waals surface area contributed by atoms with E-state index in [0.29, 0.717) is 18.7 Å². The standard InChI is InChI=1S/C6H15P.C4H11N4.Au/c1-4-7(5-2)6-3;5-2-1-4(3-6)8-7;/h4-6H2,1-3H3;8H,1-2,5-7H2;/q;-1;+1/p+1. The third-order valence-corrected chi connectivity index (χ3v) is 5.24. The van der Waals surface area contributed by atoms with Crippen LogP contribution < -0.4 is 22.7 Å². The second-order valence-corrected chi connectivity index (χ2v) is 6.74. The quantitative estimate of drug-likeness (QED) is 0.124. The maximum Gasteiger partial charge on any atom is 1.00 e. The second-order valence-electron chi connectivity index (χ2n) is 3.12. The van der Waals surface area contributed by atoms with E-state index in [-0.39, 0.29) is 30.3 Å². The fourth-order valence-electron chi connectivity index (χ4n) is 1.08. The zero-order chi connectivity index (χ0) is 12.1. The monoisotopic (exact) mass is 431 g/mol. The molecule has 0 fully saturated rings.